The van der Waals surface area contributed by atoms with Crippen molar-refractivity contribution in [2.45, 2.75) is 26.3 Å². The number of nitrogens with zero attached hydrogens (tertiary/aromatic N) is 1. The lowest BCUT2D eigenvalue weighted by molar-refractivity contribution is -0.138. The van der Waals surface area contributed by atoms with Crippen LogP contribution in [0.25, 0.3) is 0 Å². The average molecular weight is 415 g/mol. The van der Waals surface area contributed by atoms with Crippen LogP contribution in [-0.2, 0) is 14.6 Å². The third-order valence-corrected chi connectivity index (χ3v) is 5.69. The molecular formula is C21H21NO6S. The smallest absolute Gasteiger partial charge is 0.334 e. The molecule has 29 heavy (non-hydrogen) atoms. The Bertz CT molecular complexity index is 1070. The van der Waals surface area contributed by atoms with Gasteiger partial charge in [-0.05, 0) is 44.0 Å². The van der Waals surface area contributed by atoms with Gasteiger partial charge in [0.05, 0.1) is 16.9 Å². The number of sulfone groups is 1. The van der Waals surface area contributed by atoms with Gasteiger partial charge in [0, 0.05) is 6.26 Å². The molecule has 2 amide bonds. The molecule has 0 bridgehead atoms. The van der Waals surface area contributed by atoms with Crippen molar-refractivity contribution in [2.75, 3.05) is 12.0 Å². The van der Waals surface area contributed by atoms with Crippen LogP contribution in [0, 0.1) is 13.8 Å². The number of ether oxygens (including phenoxy) is 1. The number of rotatable bonds is 6. The van der Waals surface area contributed by atoms with Crippen LogP contribution in [0.4, 0.5) is 0 Å². The predicted molar refractivity (Wildman–Crippen MR) is 107 cm³/mol. The van der Waals surface area contributed by atoms with Crippen LogP contribution in [0.15, 0.2) is 42.5 Å². The van der Waals surface area contributed by atoms with Crippen molar-refractivity contribution in [3.63, 3.8) is 0 Å². The highest BCUT2D eigenvalue weighted by Crippen LogP contribution is 2.27. The molecule has 1 aliphatic heterocycles. The molecule has 0 N–H and O–H groups in total. The van der Waals surface area contributed by atoms with Crippen LogP contribution in [-0.4, -0.2) is 49.2 Å². The van der Waals surface area contributed by atoms with E-state index >= 15 is 0 Å². The van der Waals surface area contributed by atoms with Gasteiger partial charge in [-0.1, -0.05) is 29.8 Å². The number of aryl methyl sites for hydroxylation is 2. The Morgan fingerprint density at radius 2 is 1.62 bits per heavy atom. The molecule has 0 radical (unpaired) electrons. The summed E-state index contributed by atoms with van der Waals surface area (Å²) in [6.45, 7) is 3.66. The van der Waals surface area contributed by atoms with Crippen molar-refractivity contribution in [3.8, 4) is 5.75 Å². The predicted octanol–water partition coefficient (Wildman–Crippen LogP) is 2.31. The number of benzene rings is 2. The van der Waals surface area contributed by atoms with Crippen LogP contribution < -0.4 is 4.74 Å². The molecule has 7 nitrogen and oxygen atoms in total. The lowest BCUT2D eigenvalue weighted by atomic mass is 10.1. The largest absolute Gasteiger partial charge is 0.425 e. The second-order valence-corrected chi connectivity index (χ2v) is 9.41. The molecule has 1 heterocycles. The second kappa shape index (κ2) is 7.79. The molecule has 1 atom stereocenters. The molecule has 0 aromatic heterocycles. The summed E-state index contributed by atoms with van der Waals surface area (Å²) in [5.74, 6) is -2.20. The van der Waals surface area contributed by atoms with Crippen molar-refractivity contribution in [1.82, 2.24) is 4.90 Å². The third kappa shape index (κ3) is 4.37. The van der Waals surface area contributed by atoms with Gasteiger partial charge in [0.25, 0.3) is 11.8 Å². The number of fused-ring (bicyclic) bond motifs is 1. The quantitative estimate of drug-likeness (QED) is 0.408. The van der Waals surface area contributed by atoms with Crippen molar-refractivity contribution >= 4 is 27.6 Å². The Hall–Kier alpha value is -3.00. The maximum absolute atomic E-state index is 12.9. The van der Waals surface area contributed by atoms with Crippen molar-refractivity contribution in [3.05, 3.63) is 64.7 Å². The standard InChI is InChI=1S/C21H21NO6S/c1-13-8-9-18(14(2)12-13)28-21(25)17(10-11-29(3,26)27)22-19(23)15-6-4-5-7-16(15)20(22)24/h4-9,12,17H,10-11H2,1-3H3. The summed E-state index contributed by atoms with van der Waals surface area (Å²) in [5.41, 5.74) is 2.06. The summed E-state index contributed by atoms with van der Waals surface area (Å²) in [6.07, 6.45) is 0.788. The third-order valence-electron chi connectivity index (χ3n) is 4.71. The van der Waals surface area contributed by atoms with E-state index in [-0.39, 0.29) is 23.3 Å². The fourth-order valence-electron chi connectivity index (χ4n) is 3.26. The van der Waals surface area contributed by atoms with Crippen LogP contribution in [0.2, 0.25) is 0 Å². The zero-order chi connectivity index (χ0) is 21.3. The SMILES string of the molecule is Cc1ccc(OC(=O)C(CCS(C)(=O)=O)N2C(=O)c3ccccc3C2=O)c(C)c1. The highest BCUT2D eigenvalue weighted by molar-refractivity contribution is 7.90. The topological polar surface area (TPSA) is 97.8 Å². The van der Waals surface area contributed by atoms with Crippen LogP contribution in [0.1, 0.15) is 38.3 Å². The summed E-state index contributed by atoms with van der Waals surface area (Å²) in [6, 6.07) is 10.1. The Labute approximate surface area is 169 Å². The van der Waals surface area contributed by atoms with E-state index in [2.05, 4.69) is 0 Å². The number of amides is 2. The monoisotopic (exact) mass is 415 g/mol. The maximum Gasteiger partial charge on any atom is 0.334 e. The Morgan fingerprint density at radius 1 is 1.03 bits per heavy atom. The van der Waals surface area contributed by atoms with E-state index in [4.69, 9.17) is 4.74 Å². The molecule has 0 saturated carbocycles. The lowest BCUT2D eigenvalue weighted by Gasteiger charge is -2.24. The summed E-state index contributed by atoms with van der Waals surface area (Å²) in [5, 5.41) is 0. The van der Waals surface area contributed by atoms with E-state index in [0.717, 1.165) is 16.7 Å². The van der Waals surface area contributed by atoms with Crippen molar-refractivity contribution < 1.29 is 27.5 Å². The molecule has 1 unspecified atom stereocenters. The second-order valence-electron chi connectivity index (χ2n) is 7.15. The maximum atomic E-state index is 12.9. The molecule has 0 spiro atoms. The zero-order valence-corrected chi connectivity index (χ0v) is 17.2. The first-order valence-corrected chi connectivity index (χ1v) is 11.1. The van der Waals surface area contributed by atoms with E-state index < -0.39 is 33.7 Å². The van der Waals surface area contributed by atoms with Gasteiger partial charge < -0.3 is 4.74 Å². The van der Waals surface area contributed by atoms with Gasteiger partial charge in [-0.2, -0.15) is 0 Å². The van der Waals surface area contributed by atoms with Crippen molar-refractivity contribution in [2.24, 2.45) is 0 Å². The first-order chi connectivity index (χ1) is 13.6. The number of carbonyl (C=O) groups is 3. The Morgan fingerprint density at radius 3 is 2.14 bits per heavy atom. The van der Waals surface area contributed by atoms with E-state index in [9.17, 15) is 22.8 Å². The molecule has 0 saturated heterocycles. The Kier molecular flexibility index (Phi) is 5.57. The fraction of sp³-hybridized carbons (Fsp3) is 0.286. The minimum absolute atomic E-state index is 0.182. The number of hydrogen-bond donors (Lipinski definition) is 0. The highest BCUT2D eigenvalue weighted by Gasteiger charge is 2.43. The Balaban J connectivity index is 1.93. The summed E-state index contributed by atoms with van der Waals surface area (Å²) in [4.78, 5) is 39.3. The highest BCUT2D eigenvalue weighted by atomic mass is 32.2. The van der Waals surface area contributed by atoms with Crippen molar-refractivity contribution in [1.29, 1.82) is 0 Å². The van der Waals surface area contributed by atoms with Gasteiger partial charge in [-0.25, -0.2) is 13.2 Å². The number of carbonyl (C=O) groups excluding carboxylic acids is 3. The molecule has 2 aromatic carbocycles. The summed E-state index contributed by atoms with van der Waals surface area (Å²) >= 11 is 0. The number of hydrogen-bond acceptors (Lipinski definition) is 6. The minimum atomic E-state index is -3.43. The van der Waals surface area contributed by atoms with E-state index in [1.165, 1.54) is 12.1 Å². The lowest BCUT2D eigenvalue weighted by Crippen LogP contribution is -2.47. The average Bonchev–Trinajstić information content (AvgIpc) is 2.89. The normalized spacial score (nSPS) is 14.7. The molecule has 152 valence electrons. The van der Waals surface area contributed by atoms with Gasteiger partial charge in [0.2, 0.25) is 0 Å². The van der Waals surface area contributed by atoms with Crippen LogP contribution >= 0.6 is 0 Å². The van der Waals surface area contributed by atoms with Gasteiger partial charge >= 0.3 is 5.97 Å². The van der Waals surface area contributed by atoms with Gasteiger partial charge in [0.1, 0.15) is 21.6 Å². The number of esters is 1. The molecule has 2 aromatic rings. The van der Waals surface area contributed by atoms with Crippen LogP contribution in [0.5, 0.6) is 5.75 Å². The summed E-state index contributed by atoms with van der Waals surface area (Å²) < 4.78 is 28.8. The summed E-state index contributed by atoms with van der Waals surface area (Å²) in [7, 11) is -3.43. The molecule has 0 fully saturated rings. The van der Waals surface area contributed by atoms with E-state index in [1.807, 2.05) is 13.0 Å². The molecule has 0 aliphatic carbocycles. The zero-order valence-electron chi connectivity index (χ0n) is 16.3. The minimum Gasteiger partial charge on any atom is -0.425 e. The molecule has 8 heteroatoms. The van der Waals surface area contributed by atoms with E-state index in [0.29, 0.717) is 11.3 Å². The van der Waals surface area contributed by atoms with Gasteiger partial charge in [0.15, 0.2) is 0 Å². The fourth-order valence-corrected chi connectivity index (χ4v) is 3.91. The molecular weight excluding hydrogens is 394 g/mol. The van der Waals surface area contributed by atoms with Gasteiger partial charge in [-0.15, -0.1) is 0 Å². The first-order valence-electron chi connectivity index (χ1n) is 9.02. The van der Waals surface area contributed by atoms with E-state index in [1.54, 1.807) is 31.2 Å². The molecule has 1 aliphatic rings. The first kappa shape index (κ1) is 20.7. The van der Waals surface area contributed by atoms with Gasteiger partial charge in [-0.3, -0.25) is 14.5 Å². The number of imide groups is 1. The molecule has 3 rings (SSSR count). The van der Waals surface area contributed by atoms with Crippen LogP contribution in [0.3, 0.4) is 0 Å².